The van der Waals surface area contributed by atoms with E-state index >= 15 is 0 Å². The Kier molecular flexibility index (Phi) is 5.88. The molecule has 0 aromatic heterocycles. The van der Waals surface area contributed by atoms with E-state index in [1.54, 1.807) is 45.0 Å². The van der Waals surface area contributed by atoms with Crippen molar-refractivity contribution in [1.82, 2.24) is 4.90 Å². The topological polar surface area (TPSA) is 79.6 Å². The SMILES string of the molecule is CC(C)(C)OC(=O)N1C[C@H](c2ccccc2)OC(=O)C1Cc1ccccc1C#N. The number of carbonyl (C=O) groups excluding carboxylic acids is 2. The Morgan fingerprint density at radius 3 is 2.48 bits per heavy atom. The Hall–Kier alpha value is -3.33. The maximum absolute atomic E-state index is 12.9. The molecule has 2 aromatic rings. The number of carbonyl (C=O) groups is 2. The Bertz CT molecular complexity index is 928. The van der Waals surface area contributed by atoms with Crippen LogP contribution in [-0.4, -0.2) is 35.2 Å². The lowest BCUT2D eigenvalue weighted by atomic mass is 9.97. The summed E-state index contributed by atoms with van der Waals surface area (Å²) < 4.78 is 11.2. The normalized spacial score (nSPS) is 19.2. The highest BCUT2D eigenvalue weighted by atomic mass is 16.6. The summed E-state index contributed by atoms with van der Waals surface area (Å²) in [7, 11) is 0. The zero-order valence-corrected chi connectivity index (χ0v) is 16.8. The fourth-order valence-electron chi connectivity index (χ4n) is 3.26. The van der Waals surface area contributed by atoms with Crippen LogP contribution in [0.2, 0.25) is 0 Å². The third kappa shape index (κ3) is 4.94. The number of hydrogen-bond acceptors (Lipinski definition) is 5. The number of esters is 1. The lowest BCUT2D eigenvalue weighted by Crippen LogP contribution is -2.54. The smallest absolute Gasteiger partial charge is 0.411 e. The number of cyclic esters (lactones) is 1. The summed E-state index contributed by atoms with van der Waals surface area (Å²) in [5, 5.41) is 9.36. The number of rotatable bonds is 3. The fraction of sp³-hybridized carbons (Fsp3) is 0.348. The number of ether oxygens (including phenoxy) is 2. The van der Waals surface area contributed by atoms with Crippen LogP contribution in [0.4, 0.5) is 4.79 Å². The third-order valence-electron chi connectivity index (χ3n) is 4.62. The molecule has 0 N–H and O–H groups in total. The highest BCUT2D eigenvalue weighted by Crippen LogP contribution is 2.29. The van der Waals surface area contributed by atoms with Gasteiger partial charge in [-0.2, -0.15) is 5.26 Å². The average Bonchev–Trinajstić information content (AvgIpc) is 2.69. The van der Waals surface area contributed by atoms with Crippen LogP contribution < -0.4 is 0 Å². The van der Waals surface area contributed by atoms with Gasteiger partial charge in [-0.15, -0.1) is 0 Å². The Balaban J connectivity index is 1.91. The van der Waals surface area contributed by atoms with Gasteiger partial charge >= 0.3 is 12.1 Å². The van der Waals surface area contributed by atoms with Crippen LogP contribution in [0.25, 0.3) is 0 Å². The second-order valence-corrected chi connectivity index (χ2v) is 7.96. The molecular weight excluding hydrogens is 368 g/mol. The van der Waals surface area contributed by atoms with Gasteiger partial charge < -0.3 is 9.47 Å². The van der Waals surface area contributed by atoms with Crippen molar-refractivity contribution in [3.05, 3.63) is 71.3 Å². The van der Waals surface area contributed by atoms with Gasteiger partial charge in [-0.05, 0) is 38.0 Å². The van der Waals surface area contributed by atoms with Crippen LogP contribution in [0.3, 0.4) is 0 Å². The molecule has 0 aliphatic carbocycles. The molecule has 1 heterocycles. The molecule has 1 aliphatic heterocycles. The van der Waals surface area contributed by atoms with Crippen molar-refractivity contribution in [3.63, 3.8) is 0 Å². The molecule has 6 heteroatoms. The van der Waals surface area contributed by atoms with E-state index in [4.69, 9.17) is 9.47 Å². The number of benzene rings is 2. The molecule has 1 fully saturated rings. The van der Waals surface area contributed by atoms with Gasteiger partial charge in [0, 0.05) is 6.42 Å². The third-order valence-corrected chi connectivity index (χ3v) is 4.62. The predicted octanol–water partition coefficient (Wildman–Crippen LogP) is 4.00. The molecule has 2 atom stereocenters. The molecule has 0 bridgehead atoms. The van der Waals surface area contributed by atoms with Gasteiger partial charge in [0.15, 0.2) is 0 Å². The zero-order valence-electron chi connectivity index (χ0n) is 16.8. The van der Waals surface area contributed by atoms with Gasteiger partial charge in [0.1, 0.15) is 17.7 Å². The number of amides is 1. The number of hydrogen-bond donors (Lipinski definition) is 0. The van der Waals surface area contributed by atoms with Crippen molar-refractivity contribution in [2.45, 2.75) is 44.9 Å². The molecule has 3 rings (SSSR count). The standard InChI is InChI=1S/C23H24N2O4/c1-23(2,3)29-22(27)25-15-20(16-9-5-4-6-10-16)28-21(26)19(25)13-17-11-7-8-12-18(17)14-24/h4-12,19-20H,13,15H2,1-3H3/t19?,20-/m1/s1. The molecule has 1 amide bonds. The maximum atomic E-state index is 12.9. The van der Waals surface area contributed by atoms with Crippen LogP contribution in [0.15, 0.2) is 54.6 Å². The van der Waals surface area contributed by atoms with Crippen LogP contribution in [0.1, 0.15) is 43.6 Å². The molecule has 0 spiro atoms. The van der Waals surface area contributed by atoms with Gasteiger partial charge in [-0.1, -0.05) is 48.5 Å². The van der Waals surface area contributed by atoms with Gasteiger partial charge in [0.25, 0.3) is 0 Å². The summed E-state index contributed by atoms with van der Waals surface area (Å²) in [6.45, 7) is 5.52. The Labute approximate surface area is 170 Å². The molecular formula is C23H24N2O4. The largest absolute Gasteiger partial charge is 0.454 e. The van der Waals surface area contributed by atoms with E-state index in [1.165, 1.54) is 4.90 Å². The molecule has 150 valence electrons. The average molecular weight is 392 g/mol. The molecule has 2 aromatic carbocycles. The van der Waals surface area contributed by atoms with E-state index < -0.39 is 29.8 Å². The van der Waals surface area contributed by atoms with Crippen LogP contribution in [0, 0.1) is 11.3 Å². The second-order valence-electron chi connectivity index (χ2n) is 7.96. The first-order chi connectivity index (χ1) is 13.8. The summed E-state index contributed by atoms with van der Waals surface area (Å²) in [6, 6.07) is 17.6. The first-order valence-electron chi connectivity index (χ1n) is 9.51. The number of morpholine rings is 1. The minimum atomic E-state index is -0.862. The van der Waals surface area contributed by atoms with E-state index in [9.17, 15) is 14.9 Å². The first kappa shape index (κ1) is 20.4. The Morgan fingerprint density at radius 2 is 1.83 bits per heavy atom. The minimum Gasteiger partial charge on any atom is -0.454 e. The number of nitrogens with zero attached hydrogens (tertiary/aromatic N) is 2. The summed E-state index contributed by atoms with van der Waals surface area (Å²) in [4.78, 5) is 27.2. The van der Waals surface area contributed by atoms with E-state index in [2.05, 4.69) is 6.07 Å². The number of nitriles is 1. The van der Waals surface area contributed by atoms with Crippen LogP contribution in [-0.2, 0) is 20.7 Å². The lowest BCUT2D eigenvalue weighted by molar-refractivity contribution is -0.166. The minimum absolute atomic E-state index is 0.184. The molecule has 1 aliphatic rings. The van der Waals surface area contributed by atoms with Crippen molar-refractivity contribution in [3.8, 4) is 6.07 Å². The maximum Gasteiger partial charge on any atom is 0.411 e. The molecule has 29 heavy (non-hydrogen) atoms. The second kappa shape index (κ2) is 8.36. The van der Waals surface area contributed by atoms with Gasteiger partial charge in [-0.25, -0.2) is 9.59 Å². The quantitative estimate of drug-likeness (QED) is 0.738. The summed E-state index contributed by atoms with van der Waals surface area (Å²) >= 11 is 0. The summed E-state index contributed by atoms with van der Waals surface area (Å²) in [5.41, 5.74) is 1.26. The highest BCUT2D eigenvalue weighted by Gasteiger charge is 2.41. The van der Waals surface area contributed by atoms with Crippen LogP contribution in [0.5, 0.6) is 0 Å². The van der Waals surface area contributed by atoms with E-state index in [1.807, 2.05) is 30.3 Å². The van der Waals surface area contributed by atoms with Crippen molar-refractivity contribution < 1.29 is 19.1 Å². The Morgan fingerprint density at radius 1 is 1.17 bits per heavy atom. The lowest BCUT2D eigenvalue weighted by Gasteiger charge is -2.39. The van der Waals surface area contributed by atoms with E-state index in [0.29, 0.717) is 11.1 Å². The predicted molar refractivity (Wildman–Crippen MR) is 107 cm³/mol. The van der Waals surface area contributed by atoms with Crippen molar-refractivity contribution in [2.75, 3.05) is 6.54 Å². The fourth-order valence-corrected chi connectivity index (χ4v) is 3.26. The first-order valence-corrected chi connectivity index (χ1v) is 9.51. The molecule has 0 radical (unpaired) electrons. The highest BCUT2D eigenvalue weighted by molar-refractivity contribution is 5.83. The molecule has 1 unspecified atom stereocenters. The van der Waals surface area contributed by atoms with Gasteiger partial charge in [0.2, 0.25) is 0 Å². The summed E-state index contributed by atoms with van der Waals surface area (Å²) in [5.74, 6) is -0.510. The molecule has 6 nitrogen and oxygen atoms in total. The zero-order chi connectivity index (χ0) is 21.0. The van der Waals surface area contributed by atoms with Gasteiger partial charge in [-0.3, -0.25) is 4.90 Å². The van der Waals surface area contributed by atoms with Crippen molar-refractivity contribution in [2.24, 2.45) is 0 Å². The van der Waals surface area contributed by atoms with Crippen molar-refractivity contribution >= 4 is 12.1 Å². The van der Waals surface area contributed by atoms with E-state index in [0.717, 1.165) is 5.56 Å². The molecule has 0 saturated carbocycles. The summed E-state index contributed by atoms with van der Waals surface area (Å²) in [6.07, 6.45) is -0.961. The van der Waals surface area contributed by atoms with Crippen molar-refractivity contribution in [1.29, 1.82) is 5.26 Å². The monoisotopic (exact) mass is 392 g/mol. The van der Waals surface area contributed by atoms with E-state index in [-0.39, 0.29) is 13.0 Å². The van der Waals surface area contributed by atoms with Gasteiger partial charge in [0.05, 0.1) is 18.2 Å². The molecule has 1 saturated heterocycles. The van der Waals surface area contributed by atoms with Crippen LogP contribution >= 0.6 is 0 Å².